The van der Waals surface area contributed by atoms with E-state index in [1.54, 1.807) is 17.3 Å². The van der Waals surface area contributed by atoms with Crippen LogP contribution in [0.15, 0.2) is 36.9 Å². The second-order valence-electron chi connectivity index (χ2n) is 4.42. The summed E-state index contributed by atoms with van der Waals surface area (Å²) < 4.78 is 1.79. The molecule has 0 spiro atoms. The molecule has 2 rings (SSSR count). The normalized spacial score (nSPS) is 10.8. The lowest BCUT2D eigenvalue weighted by Gasteiger charge is -2.16. The molecule has 0 radical (unpaired) electrons. The highest BCUT2D eigenvalue weighted by Gasteiger charge is 2.07. The maximum absolute atomic E-state index is 4.18. The highest BCUT2D eigenvalue weighted by atomic mass is 15.3. The van der Waals surface area contributed by atoms with Crippen LogP contribution < -0.4 is 5.32 Å². The Hall–Kier alpha value is -1.84. The molecular formula is C14H20N4. The largest absolute Gasteiger partial charge is 0.383 e. The second kappa shape index (κ2) is 6.19. The molecule has 0 aliphatic rings. The molecule has 18 heavy (non-hydrogen) atoms. The zero-order valence-corrected chi connectivity index (χ0v) is 11.0. The number of aromatic nitrogens is 3. The van der Waals surface area contributed by atoms with Crippen LogP contribution in [-0.2, 0) is 0 Å². The third kappa shape index (κ3) is 2.88. The molecule has 0 saturated heterocycles. The highest BCUT2D eigenvalue weighted by Crippen LogP contribution is 2.19. The second-order valence-corrected chi connectivity index (χ2v) is 4.42. The zero-order valence-electron chi connectivity index (χ0n) is 11.0. The smallest absolute Gasteiger partial charge is 0.138 e. The van der Waals surface area contributed by atoms with Crippen LogP contribution in [0.3, 0.4) is 0 Å². The summed E-state index contributed by atoms with van der Waals surface area (Å²) >= 11 is 0. The van der Waals surface area contributed by atoms with Crippen LogP contribution in [0.4, 0.5) is 5.69 Å². The molecule has 4 nitrogen and oxygen atoms in total. The maximum atomic E-state index is 4.18. The van der Waals surface area contributed by atoms with Crippen molar-refractivity contribution in [1.82, 2.24) is 14.8 Å². The van der Waals surface area contributed by atoms with Gasteiger partial charge in [-0.25, -0.2) is 9.67 Å². The van der Waals surface area contributed by atoms with E-state index in [0.717, 1.165) is 17.9 Å². The van der Waals surface area contributed by atoms with Crippen molar-refractivity contribution in [1.29, 1.82) is 0 Å². The molecule has 0 aliphatic heterocycles. The van der Waals surface area contributed by atoms with Crippen LogP contribution >= 0.6 is 0 Å². The topological polar surface area (TPSA) is 42.7 Å². The van der Waals surface area contributed by atoms with Crippen molar-refractivity contribution in [3.63, 3.8) is 0 Å². The van der Waals surface area contributed by atoms with Gasteiger partial charge in [-0.1, -0.05) is 38.8 Å². The SMILES string of the molecule is CCC(CC)CNc1ccccc1-n1cncn1. The molecule has 0 bridgehead atoms. The van der Waals surface area contributed by atoms with Crippen molar-refractivity contribution >= 4 is 5.69 Å². The van der Waals surface area contributed by atoms with Gasteiger partial charge in [-0.05, 0) is 18.1 Å². The Labute approximate surface area is 108 Å². The van der Waals surface area contributed by atoms with Gasteiger partial charge in [0.15, 0.2) is 0 Å². The van der Waals surface area contributed by atoms with E-state index in [1.165, 1.54) is 12.8 Å². The molecule has 0 unspecified atom stereocenters. The first-order valence-electron chi connectivity index (χ1n) is 6.53. The first-order valence-corrected chi connectivity index (χ1v) is 6.53. The van der Waals surface area contributed by atoms with Gasteiger partial charge in [0.05, 0.1) is 11.4 Å². The quantitative estimate of drug-likeness (QED) is 0.849. The molecule has 0 atom stereocenters. The Bertz CT molecular complexity index is 460. The number of rotatable bonds is 6. The van der Waals surface area contributed by atoms with E-state index < -0.39 is 0 Å². The van der Waals surface area contributed by atoms with Gasteiger partial charge in [-0.15, -0.1) is 0 Å². The summed E-state index contributed by atoms with van der Waals surface area (Å²) in [7, 11) is 0. The molecule has 1 aromatic carbocycles. The van der Waals surface area contributed by atoms with Crippen molar-refractivity contribution in [2.24, 2.45) is 5.92 Å². The van der Waals surface area contributed by atoms with E-state index in [-0.39, 0.29) is 0 Å². The fourth-order valence-electron chi connectivity index (χ4n) is 1.99. The summed E-state index contributed by atoms with van der Waals surface area (Å²) in [5.74, 6) is 0.716. The van der Waals surface area contributed by atoms with Crippen molar-refractivity contribution in [3.05, 3.63) is 36.9 Å². The summed E-state index contributed by atoms with van der Waals surface area (Å²) in [6.45, 7) is 5.47. The van der Waals surface area contributed by atoms with E-state index in [9.17, 15) is 0 Å². The van der Waals surface area contributed by atoms with Gasteiger partial charge in [0.25, 0.3) is 0 Å². The van der Waals surface area contributed by atoms with Crippen molar-refractivity contribution in [2.75, 3.05) is 11.9 Å². The summed E-state index contributed by atoms with van der Waals surface area (Å²) in [5, 5.41) is 7.69. The first kappa shape index (κ1) is 12.6. The lowest BCUT2D eigenvalue weighted by Crippen LogP contribution is -2.14. The third-order valence-electron chi connectivity index (χ3n) is 3.31. The predicted molar refractivity (Wildman–Crippen MR) is 73.9 cm³/mol. The van der Waals surface area contributed by atoms with Crippen LogP contribution in [0.5, 0.6) is 0 Å². The first-order chi connectivity index (χ1) is 8.85. The van der Waals surface area contributed by atoms with Gasteiger partial charge < -0.3 is 5.32 Å². The minimum atomic E-state index is 0.716. The maximum Gasteiger partial charge on any atom is 0.138 e. The van der Waals surface area contributed by atoms with Crippen molar-refractivity contribution in [3.8, 4) is 5.69 Å². The Kier molecular flexibility index (Phi) is 4.34. The predicted octanol–water partition coefficient (Wildman–Crippen LogP) is 3.12. The standard InChI is InChI=1S/C14H20N4/c1-3-12(4-2)9-16-13-7-5-6-8-14(13)18-11-15-10-17-18/h5-8,10-12,16H,3-4,9H2,1-2H3. The van der Waals surface area contributed by atoms with E-state index in [1.807, 2.05) is 18.2 Å². The minimum absolute atomic E-state index is 0.716. The van der Waals surface area contributed by atoms with Gasteiger partial charge in [-0.2, -0.15) is 5.10 Å². The van der Waals surface area contributed by atoms with Crippen LogP contribution in [0.1, 0.15) is 26.7 Å². The lowest BCUT2D eigenvalue weighted by atomic mass is 10.0. The number of hydrogen-bond acceptors (Lipinski definition) is 3. The van der Waals surface area contributed by atoms with E-state index >= 15 is 0 Å². The highest BCUT2D eigenvalue weighted by molar-refractivity contribution is 5.60. The molecule has 1 aromatic heterocycles. The number of nitrogens with zero attached hydrogens (tertiary/aromatic N) is 3. The number of hydrogen-bond donors (Lipinski definition) is 1. The van der Waals surface area contributed by atoms with Gasteiger partial charge in [-0.3, -0.25) is 0 Å². The van der Waals surface area contributed by atoms with Crippen LogP contribution in [0, 0.1) is 5.92 Å². The monoisotopic (exact) mass is 244 g/mol. The average Bonchev–Trinajstić information content (AvgIpc) is 2.94. The fraction of sp³-hybridized carbons (Fsp3) is 0.429. The van der Waals surface area contributed by atoms with E-state index in [4.69, 9.17) is 0 Å². The molecule has 96 valence electrons. The summed E-state index contributed by atoms with van der Waals surface area (Å²) in [4.78, 5) is 3.99. The molecule has 4 heteroatoms. The van der Waals surface area contributed by atoms with Gasteiger partial charge >= 0.3 is 0 Å². The zero-order chi connectivity index (χ0) is 12.8. The van der Waals surface area contributed by atoms with Crippen molar-refractivity contribution in [2.45, 2.75) is 26.7 Å². The Morgan fingerprint density at radius 1 is 1.22 bits per heavy atom. The fourth-order valence-corrected chi connectivity index (χ4v) is 1.99. The van der Waals surface area contributed by atoms with Gasteiger partial charge in [0, 0.05) is 6.54 Å². The van der Waals surface area contributed by atoms with Crippen LogP contribution in [0.25, 0.3) is 5.69 Å². The van der Waals surface area contributed by atoms with Crippen LogP contribution in [0.2, 0.25) is 0 Å². The third-order valence-corrected chi connectivity index (χ3v) is 3.31. The number of anilines is 1. The van der Waals surface area contributed by atoms with E-state index in [2.05, 4.69) is 35.3 Å². The molecule has 1 N–H and O–H groups in total. The van der Waals surface area contributed by atoms with E-state index in [0.29, 0.717) is 5.92 Å². The number of benzene rings is 1. The molecular weight excluding hydrogens is 224 g/mol. The molecule has 0 saturated carbocycles. The Morgan fingerprint density at radius 2 is 2.00 bits per heavy atom. The number of nitrogens with one attached hydrogen (secondary N) is 1. The van der Waals surface area contributed by atoms with Crippen molar-refractivity contribution < 1.29 is 0 Å². The Morgan fingerprint density at radius 3 is 2.67 bits per heavy atom. The minimum Gasteiger partial charge on any atom is -0.383 e. The molecule has 0 aliphatic carbocycles. The lowest BCUT2D eigenvalue weighted by molar-refractivity contribution is 0.519. The molecule has 2 aromatic rings. The number of para-hydroxylation sites is 2. The molecule has 1 heterocycles. The summed E-state index contributed by atoms with van der Waals surface area (Å²) in [6.07, 6.45) is 5.68. The average molecular weight is 244 g/mol. The van der Waals surface area contributed by atoms with Gasteiger partial charge in [0.2, 0.25) is 0 Å². The van der Waals surface area contributed by atoms with Gasteiger partial charge in [0.1, 0.15) is 12.7 Å². The summed E-state index contributed by atoms with van der Waals surface area (Å²) in [5.41, 5.74) is 2.15. The summed E-state index contributed by atoms with van der Waals surface area (Å²) in [6, 6.07) is 8.18. The van der Waals surface area contributed by atoms with Crippen LogP contribution in [-0.4, -0.2) is 21.3 Å². The Balaban J connectivity index is 2.13. The molecule has 0 fully saturated rings. The molecule has 0 amide bonds.